The minimum Gasteiger partial charge on any atom is -0.478 e. The van der Waals surface area contributed by atoms with E-state index in [0.29, 0.717) is 28.1 Å². The first kappa shape index (κ1) is 25.5. The number of aliphatic imine (C=N–C) groups is 1. The Morgan fingerprint density at radius 1 is 1.06 bits per heavy atom. The van der Waals surface area contributed by atoms with Crippen molar-refractivity contribution in [1.29, 1.82) is 0 Å². The number of halogens is 1. The number of nitrogens with one attached hydrogen (secondary N) is 1. The molecule has 3 aromatic carbocycles. The second-order valence-electron chi connectivity index (χ2n) is 8.19. The summed E-state index contributed by atoms with van der Waals surface area (Å²) in [6.07, 6.45) is 1.59. The number of hydrogen-bond donors (Lipinski definition) is 2. The molecule has 0 spiro atoms. The number of amides is 2. The van der Waals surface area contributed by atoms with Gasteiger partial charge in [0.25, 0.3) is 0 Å². The largest absolute Gasteiger partial charge is 0.478 e. The second kappa shape index (κ2) is 11.9. The first-order chi connectivity index (χ1) is 17.4. The number of aryl methyl sites for hydroxylation is 1. The summed E-state index contributed by atoms with van der Waals surface area (Å²) in [7, 11) is 0. The third-order valence-electron chi connectivity index (χ3n) is 5.55. The van der Waals surface area contributed by atoms with Gasteiger partial charge in [-0.2, -0.15) is 0 Å². The minimum atomic E-state index is -1.05. The summed E-state index contributed by atoms with van der Waals surface area (Å²) in [6.45, 7) is 0.477. The Labute approximate surface area is 218 Å². The SMILES string of the molecule is O=C(O)c1ccc(NC(=O)C2CC(=O)N(CCCc3ccccc3)C(=Nc3cccc(Cl)c3)S2)cc1. The molecular weight excluding hydrogens is 498 g/mol. The number of carboxylic acids is 1. The van der Waals surface area contributed by atoms with Crippen molar-refractivity contribution in [2.75, 3.05) is 11.9 Å². The van der Waals surface area contributed by atoms with Crippen LogP contribution in [0.25, 0.3) is 0 Å². The van der Waals surface area contributed by atoms with E-state index < -0.39 is 11.2 Å². The molecule has 0 saturated carbocycles. The number of nitrogens with zero attached hydrogens (tertiary/aromatic N) is 2. The lowest BCUT2D eigenvalue weighted by molar-refractivity contribution is -0.129. The van der Waals surface area contributed by atoms with Crippen LogP contribution in [0.15, 0.2) is 83.9 Å². The topological polar surface area (TPSA) is 99.1 Å². The Morgan fingerprint density at radius 3 is 2.50 bits per heavy atom. The van der Waals surface area contributed by atoms with E-state index in [1.165, 1.54) is 41.6 Å². The van der Waals surface area contributed by atoms with Crippen LogP contribution >= 0.6 is 23.4 Å². The van der Waals surface area contributed by atoms with Gasteiger partial charge in [-0.25, -0.2) is 9.79 Å². The average Bonchev–Trinajstić information content (AvgIpc) is 2.86. The van der Waals surface area contributed by atoms with E-state index in [1.54, 1.807) is 29.2 Å². The first-order valence-electron chi connectivity index (χ1n) is 11.4. The fourth-order valence-corrected chi connectivity index (χ4v) is 5.03. The molecular formula is C27H24ClN3O4S. The lowest BCUT2D eigenvalue weighted by atomic mass is 10.1. The Bertz CT molecular complexity index is 1280. The molecule has 0 aliphatic carbocycles. The highest BCUT2D eigenvalue weighted by atomic mass is 35.5. The van der Waals surface area contributed by atoms with Gasteiger partial charge in [0.15, 0.2) is 5.17 Å². The van der Waals surface area contributed by atoms with Crippen molar-refractivity contribution in [3.63, 3.8) is 0 Å². The summed E-state index contributed by atoms with van der Waals surface area (Å²) >= 11 is 7.35. The summed E-state index contributed by atoms with van der Waals surface area (Å²) in [5.41, 5.74) is 2.36. The van der Waals surface area contributed by atoms with Crippen molar-refractivity contribution >= 4 is 57.7 Å². The second-order valence-corrected chi connectivity index (χ2v) is 9.80. The van der Waals surface area contributed by atoms with Crippen LogP contribution in [-0.2, 0) is 16.0 Å². The summed E-state index contributed by atoms with van der Waals surface area (Å²) in [5, 5.41) is 12.1. The fourth-order valence-electron chi connectivity index (χ4n) is 3.72. The average molecular weight is 522 g/mol. The van der Waals surface area contributed by atoms with Gasteiger partial charge in [0.05, 0.1) is 11.3 Å². The molecule has 2 N–H and O–H groups in total. The zero-order valence-corrected chi connectivity index (χ0v) is 20.8. The lowest BCUT2D eigenvalue weighted by Gasteiger charge is -2.32. The van der Waals surface area contributed by atoms with Crippen molar-refractivity contribution in [1.82, 2.24) is 4.90 Å². The van der Waals surface area contributed by atoms with Gasteiger partial charge in [-0.15, -0.1) is 0 Å². The van der Waals surface area contributed by atoms with E-state index in [1.807, 2.05) is 18.2 Å². The van der Waals surface area contributed by atoms with Crippen molar-refractivity contribution < 1.29 is 19.5 Å². The molecule has 36 heavy (non-hydrogen) atoms. The van der Waals surface area contributed by atoms with Gasteiger partial charge in [0.1, 0.15) is 5.25 Å². The highest BCUT2D eigenvalue weighted by molar-refractivity contribution is 8.15. The van der Waals surface area contributed by atoms with Gasteiger partial charge in [-0.05, 0) is 60.9 Å². The molecule has 7 nitrogen and oxygen atoms in total. The summed E-state index contributed by atoms with van der Waals surface area (Å²) in [4.78, 5) is 43.5. The smallest absolute Gasteiger partial charge is 0.335 e. The van der Waals surface area contributed by atoms with E-state index >= 15 is 0 Å². The van der Waals surface area contributed by atoms with Crippen LogP contribution in [0, 0.1) is 0 Å². The number of carbonyl (C=O) groups is 3. The van der Waals surface area contributed by atoms with Gasteiger partial charge < -0.3 is 10.4 Å². The van der Waals surface area contributed by atoms with Crippen LogP contribution < -0.4 is 5.32 Å². The molecule has 0 bridgehead atoms. The maximum Gasteiger partial charge on any atom is 0.335 e. The normalized spacial score (nSPS) is 16.7. The van der Waals surface area contributed by atoms with Crippen molar-refractivity contribution in [2.45, 2.75) is 24.5 Å². The summed E-state index contributed by atoms with van der Waals surface area (Å²) in [6, 6.07) is 22.9. The number of carbonyl (C=O) groups excluding carboxylic acids is 2. The predicted octanol–water partition coefficient (Wildman–Crippen LogP) is 5.63. The molecule has 1 heterocycles. The fraction of sp³-hybridized carbons (Fsp3) is 0.185. The molecule has 0 radical (unpaired) electrons. The van der Waals surface area contributed by atoms with E-state index in [0.717, 1.165) is 12.8 Å². The molecule has 184 valence electrons. The van der Waals surface area contributed by atoms with E-state index in [4.69, 9.17) is 16.7 Å². The minimum absolute atomic E-state index is 0.0314. The molecule has 9 heteroatoms. The first-order valence-corrected chi connectivity index (χ1v) is 12.6. The Morgan fingerprint density at radius 2 is 1.81 bits per heavy atom. The van der Waals surface area contributed by atoms with Crippen molar-refractivity contribution in [3.05, 3.63) is 95.0 Å². The molecule has 1 aliphatic rings. The molecule has 1 saturated heterocycles. The van der Waals surface area contributed by atoms with Gasteiger partial charge >= 0.3 is 5.97 Å². The predicted molar refractivity (Wildman–Crippen MR) is 143 cm³/mol. The molecule has 2 amide bonds. The maximum atomic E-state index is 13.2. The molecule has 1 aliphatic heterocycles. The van der Waals surface area contributed by atoms with E-state index in [9.17, 15) is 14.4 Å². The number of benzene rings is 3. The number of anilines is 1. The zero-order chi connectivity index (χ0) is 25.5. The Hall–Kier alpha value is -3.62. The van der Waals surface area contributed by atoms with Crippen LogP contribution in [0.4, 0.5) is 11.4 Å². The van der Waals surface area contributed by atoms with Gasteiger partial charge in [0.2, 0.25) is 11.8 Å². The molecule has 1 unspecified atom stereocenters. The van der Waals surface area contributed by atoms with Crippen LogP contribution in [-0.4, -0.2) is 44.8 Å². The Kier molecular flexibility index (Phi) is 8.40. The maximum absolute atomic E-state index is 13.2. The third-order valence-corrected chi connectivity index (χ3v) is 6.98. The molecule has 1 atom stereocenters. The third kappa shape index (κ3) is 6.74. The monoisotopic (exact) mass is 521 g/mol. The number of rotatable bonds is 8. The number of hydrogen-bond acceptors (Lipinski definition) is 5. The highest BCUT2D eigenvalue weighted by Crippen LogP contribution is 2.31. The Balaban J connectivity index is 1.50. The van der Waals surface area contributed by atoms with Gasteiger partial charge in [-0.1, -0.05) is 59.8 Å². The van der Waals surface area contributed by atoms with Gasteiger partial charge in [0, 0.05) is 23.7 Å². The van der Waals surface area contributed by atoms with Crippen LogP contribution in [0.3, 0.4) is 0 Å². The number of carboxylic acid groups (broad SMARTS) is 1. The number of thioether (sulfide) groups is 1. The van der Waals surface area contributed by atoms with E-state index in [-0.39, 0.29) is 23.8 Å². The molecule has 0 aromatic heterocycles. The lowest BCUT2D eigenvalue weighted by Crippen LogP contribution is -2.45. The van der Waals surface area contributed by atoms with Crippen molar-refractivity contribution in [3.8, 4) is 0 Å². The zero-order valence-electron chi connectivity index (χ0n) is 19.3. The van der Waals surface area contributed by atoms with Crippen LogP contribution in [0.5, 0.6) is 0 Å². The van der Waals surface area contributed by atoms with Crippen LogP contribution in [0.1, 0.15) is 28.8 Å². The van der Waals surface area contributed by atoms with E-state index in [2.05, 4.69) is 22.4 Å². The number of aromatic carboxylic acids is 1. The van der Waals surface area contributed by atoms with Gasteiger partial charge in [-0.3, -0.25) is 14.5 Å². The standard InChI is InChI=1S/C27H24ClN3O4S/c28-20-9-4-10-22(16-20)30-27-31(15-5-8-18-6-2-1-3-7-18)24(32)17-23(36-27)25(33)29-21-13-11-19(12-14-21)26(34)35/h1-4,6-7,9-14,16,23H,5,8,15,17H2,(H,29,33)(H,34,35). The number of amidine groups is 1. The molecule has 4 rings (SSSR count). The highest BCUT2D eigenvalue weighted by Gasteiger charge is 2.35. The summed E-state index contributed by atoms with van der Waals surface area (Å²) < 4.78 is 0. The van der Waals surface area contributed by atoms with Crippen LogP contribution in [0.2, 0.25) is 5.02 Å². The molecule has 3 aromatic rings. The quantitative estimate of drug-likeness (QED) is 0.400. The summed E-state index contributed by atoms with van der Waals surface area (Å²) in [5.74, 6) is -1.57. The molecule has 1 fully saturated rings. The van der Waals surface area contributed by atoms with Crippen molar-refractivity contribution in [2.24, 2.45) is 4.99 Å².